The van der Waals surface area contributed by atoms with E-state index < -0.39 is 0 Å². The first-order chi connectivity index (χ1) is 5.85. The summed E-state index contributed by atoms with van der Waals surface area (Å²) in [6.45, 7) is 2.04. The average molecular weight is 167 g/mol. The van der Waals surface area contributed by atoms with Crippen LogP contribution in [0.4, 0.5) is 0 Å². The predicted molar refractivity (Wildman–Crippen MR) is 46.1 cm³/mol. The highest BCUT2D eigenvalue weighted by Crippen LogP contribution is 2.26. The van der Waals surface area contributed by atoms with E-state index in [0.717, 1.165) is 38.6 Å². The smallest absolute Gasteiger partial charge is 0.166 e. The third-order valence-corrected chi connectivity index (χ3v) is 2.65. The molecule has 0 aliphatic carbocycles. The van der Waals surface area contributed by atoms with Crippen LogP contribution in [0.2, 0.25) is 0 Å². The van der Waals surface area contributed by atoms with Crippen molar-refractivity contribution in [3.63, 3.8) is 0 Å². The number of aldehydes is 1. The fourth-order valence-electron chi connectivity index (χ4n) is 1.88. The lowest BCUT2D eigenvalue weighted by Gasteiger charge is -2.32. The van der Waals surface area contributed by atoms with E-state index in [2.05, 4.69) is 15.8 Å². The standard InChI is InChI=1S/C8H13N3O/c12-6-7-5-8(11-10-7)1-3-9-4-2-8/h6,9,11H,1-5H2. The molecule has 1 spiro atoms. The monoisotopic (exact) mass is 167 g/mol. The van der Waals surface area contributed by atoms with Gasteiger partial charge in [-0.15, -0.1) is 0 Å². The summed E-state index contributed by atoms with van der Waals surface area (Å²) in [5, 5.41) is 7.29. The minimum absolute atomic E-state index is 0.0987. The summed E-state index contributed by atoms with van der Waals surface area (Å²) in [5.74, 6) is 0. The molecule has 2 aliphatic heterocycles. The molecule has 0 aromatic carbocycles. The molecule has 2 heterocycles. The number of nitrogens with zero attached hydrogens (tertiary/aromatic N) is 1. The second-order valence-corrected chi connectivity index (χ2v) is 3.54. The Morgan fingerprint density at radius 2 is 2.17 bits per heavy atom. The van der Waals surface area contributed by atoms with Crippen LogP contribution in [-0.4, -0.2) is 30.6 Å². The number of hydrogen-bond acceptors (Lipinski definition) is 4. The highest BCUT2D eigenvalue weighted by molar-refractivity contribution is 6.29. The van der Waals surface area contributed by atoms with E-state index in [9.17, 15) is 4.79 Å². The van der Waals surface area contributed by atoms with Gasteiger partial charge in [0.25, 0.3) is 0 Å². The quantitative estimate of drug-likeness (QED) is 0.525. The molecule has 0 amide bonds. The summed E-state index contributed by atoms with van der Waals surface area (Å²) >= 11 is 0. The van der Waals surface area contributed by atoms with Gasteiger partial charge in [-0.1, -0.05) is 0 Å². The van der Waals surface area contributed by atoms with Gasteiger partial charge in [0.05, 0.1) is 5.54 Å². The lowest BCUT2D eigenvalue weighted by Crippen LogP contribution is -2.48. The maximum Gasteiger partial charge on any atom is 0.166 e. The Kier molecular flexibility index (Phi) is 1.84. The molecule has 2 N–H and O–H groups in total. The van der Waals surface area contributed by atoms with Crippen LogP contribution in [0.1, 0.15) is 19.3 Å². The first-order valence-electron chi connectivity index (χ1n) is 4.34. The van der Waals surface area contributed by atoms with Gasteiger partial charge in [-0.25, -0.2) is 0 Å². The lowest BCUT2D eigenvalue weighted by atomic mass is 9.85. The Morgan fingerprint density at radius 1 is 1.42 bits per heavy atom. The zero-order valence-corrected chi connectivity index (χ0v) is 6.97. The van der Waals surface area contributed by atoms with Crippen molar-refractivity contribution in [3.05, 3.63) is 0 Å². The van der Waals surface area contributed by atoms with Crippen molar-refractivity contribution in [1.82, 2.24) is 10.7 Å². The van der Waals surface area contributed by atoms with Crippen molar-refractivity contribution in [1.29, 1.82) is 0 Å². The van der Waals surface area contributed by atoms with E-state index >= 15 is 0 Å². The molecular weight excluding hydrogens is 154 g/mol. The molecule has 4 heteroatoms. The van der Waals surface area contributed by atoms with Gasteiger partial charge in [0.1, 0.15) is 5.71 Å². The number of hydrogen-bond donors (Lipinski definition) is 2. The molecule has 1 fully saturated rings. The van der Waals surface area contributed by atoms with Gasteiger partial charge in [0.2, 0.25) is 0 Å². The third-order valence-electron chi connectivity index (χ3n) is 2.65. The van der Waals surface area contributed by atoms with E-state index in [1.54, 1.807) is 0 Å². The number of rotatable bonds is 1. The second kappa shape index (κ2) is 2.86. The fourth-order valence-corrected chi connectivity index (χ4v) is 1.88. The SMILES string of the molecule is O=CC1=NNC2(CCNCC2)C1. The fraction of sp³-hybridized carbons (Fsp3) is 0.750. The van der Waals surface area contributed by atoms with Crippen LogP contribution in [0.15, 0.2) is 5.10 Å². The van der Waals surface area contributed by atoms with Gasteiger partial charge < -0.3 is 10.7 Å². The minimum atomic E-state index is 0.0987. The average Bonchev–Trinajstić information content (AvgIpc) is 2.50. The highest BCUT2D eigenvalue weighted by Gasteiger charge is 2.36. The molecule has 0 aromatic rings. The van der Waals surface area contributed by atoms with Crippen molar-refractivity contribution in [2.24, 2.45) is 5.10 Å². The van der Waals surface area contributed by atoms with E-state index in [4.69, 9.17) is 0 Å². The van der Waals surface area contributed by atoms with Crippen molar-refractivity contribution in [2.75, 3.05) is 13.1 Å². The van der Waals surface area contributed by atoms with E-state index in [1.165, 1.54) is 0 Å². The van der Waals surface area contributed by atoms with Gasteiger partial charge in [-0.05, 0) is 25.9 Å². The number of carbonyl (C=O) groups excluding carboxylic acids is 1. The Bertz CT molecular complexity index is 218. The van der Waals surface area contributed by atoms with Crippen LogP contribution in [-0.2, 0) is 4.79 Å². The lowest BCUT2D eigenvalue weighted by molar-refractivity contribution is -0.102. The van der Waals surface area contributed by atoms with Crippen molar-refractivity contribution < 1.29 is 4.79 Å². The predicted octanol–water partition coefficient (Wildman–Crippen LogP) is -0.343. The zero-order chi connectivity index (χ0) is 8.44. The maximum absolute atomic E-state index is 10.4. The minimum Gasteiger partial charge on any atom is -0.317 e. The first-order valence-corrected chi connectivity index (χ1v) is 4.34. The summed E-state index contributed by atoms with van der Waals surface area (Å²) in [6.07, 6.45) is 3.78. The van der Waals surface area contributed by atoms with Gasteiger partial charge in [-0.2, -0.15) is 5.10 Å². The van der Waals surface area contributed by atoms with E-state index in [0.29, 0.717) is 5.71 Å². The summed E-state index contributed by atoms with van der Waals surface area (Å²) in [4.78, 5) is 10.4. The van der Waals surface area contributed by atoms with Crippen LogP contribution in [0, 0.1) is 0 Å². The maximum atomic E-state index is 10.4. The summed E-state index contributed by atoms with van der Waals surface area (Å²) < 4.78 is 0. The van der Waals surface area contributed by atoms with E-state index in [1.807, 2.05) is 0 Å². The molecule has 0 atom stereocenters. The molecule has 0 radical (unpaired) electrons. The number of piperidine rings is 1. The van der Waals surface area contributed by atoms with Crippen molar-refractivity contribution >= 4 is 12.0 Å². The molecular formula is C8H13N3O. The normalized spacial score (nSPS) is 26.5. The van der Waals surface area contributed by atoms with Gasteiger partial charge >= 0.3 is 0 Å². The Balaban J connectivity index is 2.02. The van der Waals surface area contributed by atoms with Crippen LogP contribution in [0.25, 0.3) is 0 Å². The molecule has 12 heavy (non-hydrogen) atoms. The Hall–Kier alpha value is -0.900. The molecule has 4 nitrogen and oxygen atoms in total. The number of carbonyl (C=O) groups is 1. The molecule has 2 rings (SSSR count). The summed E-state index contributed by atoms with van der Waals surface area (Å²) in [6, 6.07) is 0. The summed E-state index contributed by atoms with van der Waals surface area (Å²) in [5.41, 5.74) is 3.85. The van der Waals surface area contributed by atoms with Crippen LogP contribution in [0.3, 0.4) is 0 Å². The van der Waals surface area contributed by atoms with Crippen molar-refractivity contribution in [2.45, 2.75) is 24.8 Å². The zero-order valence-electron chi connectivity index (χ0n) is 6.97. The molecule has 1 saturated heterocycles. The topological polar surface area (TPSA) is 53.5 Å². The van der Waals surface area contributed by atoms with Gasteiger partial charge in [-0.3, -0.25) is 4.79 Å². The largest absolute Gasteiger partial charge is 0.317 e. The van der Waals surface area contributed by atoms with Gasteiger partial charge in [0, 0.05) is 6.42 Å². The summed E-state index contributed by atoms with van der Waals surface area (Å²) in [7, 11) is 0. The first kappa shape index (κ1) is 7.73. The van der Waals surface area contributed by atoms with Gasteiger partial charge in [0.15, 0.2) is 6.29 Å². The van der Waals surface area contributed by atoms with Crippen molar-refractivity contribution in [3.8, 4) is 0 Å². The molecule has 0 unspecified atom stereocenters. The van der Waals surface area contributed by atoms with Crippen LogP contribution >= 0.6 is 0 Å². The molecule has 0 saturated carbocycles. The second-order valence-electron chi connectivity index (χ2n) is 3.54. The third kappa shape index (κ3) is 1.22. The van der Waals surface area contributed by atoms with Crippen LogP contribution < -0.4 is 10.7 Å². The molecule has 66 valence electrons. The Labute approximate surface area is 71.4 Å². The number of nitrogens with one attached hydrogen (secondary N) is 2. The number of hydrazone groups is 1. The molecule has 2 aliphatic rings. The molecule has 0 bridgehead atoms. The highest BCUT2D eigenvalue weighted by atomic mass is 16.1. The molecule has 0 aromatic heterocycles. The Morgan fingerprint density at radius 3 is 2.75 bits per heavy atom. The van der Waals surface area contributed by atoms with E-state index in [-0.39, 0.29) is 5.54 Å². The van der Waals surface area contributed by atoms with Crippen LogP contribution in [0.5, 0.6) is 0 Å².